The molecule has 0 aliphatic carbocycles. The summed E-state index contributed by atoms with van der Waals surface area (Å²) in [6.07, 6.45) is 1.38. The van der Waals surface area contributed by atoms with Crippen LogP contribution in [0.1, 0.15) is 11.1 Å². The fourth-order valence-electron chi connectivity index (χ4n) is 1.71. The molecule has 2 aromatic rings. The van der Waals surface area contributed by atoms with Crippen molar-refractivity contribution in [3.05, 3.63) is 69.8 Å². The van der Waals surface area contributed by atoms with Gasteiger partial charge in [0.15, 0.2) is 0 Å². The number of hydrogen-bond donors (Lipinski definition) is 1. The smallest absolute Gasteiger partial charge is 0.270 e. The molecule has 0 atom stereocenters. The second-order valence-corrected chi connectivity index (χ2v) is 5.80. The van der Waals surface area contributed by atoms with Crippen molar-refractivity contribution in [1.29, 1.82) is 0 Å². The van der Waals surface area contributed by atoms with Gasteiger partial charge in [-0.2, -0.15) is 5.10 Å². The topological polar surface area (TPSA) is 84.6 Å². The van der Waals surface area contributed by atoms with Crippen LogP contribution < -0.4 is 5.43 Å². The highest BCUT2D eigenvalue weighted by Gasteiger charge is 2.04. The van der Waals surface area contributed by atoms with E-state index in [1.54, 1.807) is 12.1 Å². The van der Waals surface area contributed by atoms with Gasteiger partial charge in [0.2, 0.25) is 5.91 Å². The first-order valence-electron chi connectivity index (χ1n) is 6.80. The number of nitrogens with zero attached hydrogens (tertiary/aromatic N) is 2. The number of benzene rings is 2. The van der Waals surface area contributed by atoms with Crippen molar-refractivity contribution in [1.82, 2.24) is 5.43 Å². The van der Waals surface area contributed by atoms with Gasteiger partial charge in [-0.1, -0.05) is 29.8 Å². The average molecular weight is 329 g/mol. The van der Waals surface area contributed by atoms with Crippen LogP contribution in [0.3, 0.4) is 0 Å². The van der Waals surface area contributed by atoms with Crippen LogP contribution in [0.25, 0.3) is 0 Å². The molecule has 2 rings (SSSR count). The Bertz CT molecular complexity index is 730. The summed E-state index contributed by atoms with van der Waals surface area (Å²) < 4.78 is 0. The standard InChI is InChI=1S/C16H15N3O3S/c1-12-5-7-15(8-6-12)23-11-16(20)18-17-10-13-3-2-4-14(9-13)19(21)22/h2-10H,11H2,1H3,(H,18,20)/b17-10-. The Morgan fingerprint density at radius 2 is 2.04 bits per heavy atom. The zero-order chi connectivity index (χ0) is 16.7. The zero-order valence-corrected chi connectivity index (χ0v) is 13.2. The van der Waals surface area contributed by atoms with Crippen molar-refractivity contribution in [2.24, 2.45) is 5.10 Å². The summed E-state index contributed by atoms with van der Waals surface area (Å²) in [5.41, 5.74) is 4.10. The number of nitrogens with one attached hydrogen (secondary N) is 1. The number of hydrazone groups is 1. The average Bonchev–Trinajstić information content (AvgIpc) is 2.54. The molecule has 0 bridgehead atoms. The summed E-state index contributed by atoms with van der Waals surface area (Å²) in [7, 11) is 0. The van der Waals surface area contributed by atoms with Crippen LogP contribution in [0.2, 0.25) is 0 Å². The third kappa shape index (κ3) is 5.55. The van der Waals surface area contributed by atoms with E-state index in [0.717, 1.165) is 4.90 Å². The predicted octanol–water partition coefficient (Wildman–Crippen LogP) is 3.15. The van der Waals surface area contributed by atoms with E-state index in [1.165, 1.54) is 35.7 Å². The lowest BCUT2D eigenvalue weighted by atomic mass is 10.2. The second kappa shape index (κ2) is 8.09. The van der Waals surface area contributed by atoms with Gasteiger partial charge >= 0.3 is 0 Å². The molecule has 0 aromatic heterocycles. The van der Waals surface area contributed by atoms with E-state index in [-0.39, 0.29) is 17.3 Å². The van der Waals surface area contributed by atoms with E-state index < -0.39 is 4.92 Å². The van der Waals surface area contributed by atoms with Crippen molar-refractivity contribution < 1.29 is 9.72 Å². The number of amides is 1. The zero-order valence-electron chi connectivity index (χ0n) is 12.4. The highest BCUT2D eigenvalue weighted by atomic mass is 32.2. The van der Waals surface area contributed by atoms with Gasteiger partial charge in [-0.25, -0.2) is 5.43 Å². The maximum atomic E-state index is 11.7. The third-order valence-electron chi connectivity index (χ3n) is 2.87. The molecular weight excluding hydrogens is 314 g/mol. The van der Waals surface area contributed by atoms with E-state index >= 15 is 0 Å². The van der Waals surface area contributed by atoms with Gasteiger partial charge < -0.3 is 0 Å². The number of non-ortho nitro benzene ring substituents is 1. The quantitative estimate of drug-likeness (QED) is 0.382. The molecule has 6 nitrogen and oxygen atoms in total. The van der Waals surface area contributed by atoms with Crippen molar-refractivity contribution >= 4 is 29.6 Å². The number of rotatable bonds is 6. The van der Waals surface area contributed by atoms with Crippen molar-refractivity contribution in [2.45, 2.75) is 11.8 Å². The third-order valence-corrected chi connectivity index (χ3v) is 3.89. The van der Waals surface area contributed by atoms with Crippen LogP contribution >= 0.6 is 11.8 Å². The highest BCUT2D eigenvalue weighted by molar-refractivity contribution is 8.00. The summed E-state index contributed by atoms with van der Waals surface area (Å²) in [5, 5.41) is 14.5. The minimum Gasteiger partial charge on any atom is -0.272 e. The molecule has 0 fully saturated rings. The fourth-order valence-corrected chi connectivity index (χ4v) is 2.40. The monoisotopic (exact) mass is 329 g/mol. The molecule has 2 aromatic carbocycles. The van der Waals surface area contributed by atoms with E-state index in [1.807, 2.05) is 31.2 Å². The highest BCUT2D eigenvalue weighted by Crippen LogP contribution is 2.17. The maximum absolute atomic E-state index is 11.7. The van der Waals surface area contributed by atoms with Crippen LogP contribution in [0.15, 0.2) is 58.5 Å². The minimum atomic E-state index is -0.478. The molecule has 0 spiro atoms. The summed E-state index contributed by atoms with van der Waals surface area (Å²) in [6, 6.07) is 13.9. The van der Waals surface area contributed by atoms with Gasteiger partial charge in [-0.05, 0) is 19.1 Å². The van der Waals surface area contributed by atoms with E-state index in [9.17, 15) is 14.9 Å². The van der Waals surface area contributed by atoms with Gasteiger partial charge in [-0.15, -0.1) is 11.8 Å². The Kier molecular flexibility index (Phi) is 5.87. The molecule has 0 unspecified atom stereocenters. The molecule has 1 N–H and O–H groups in total. The van der Waals surface area contributed by atoms with Crippen LogP contribution in [0, 0.1) is 17.0 Å². The number of carbonyl (C=O) groups excluding carboxylic acids is 1. The van der Waals surface area contributed by atoms with Crippen molar-refractivity contribution in [3.63, 3.8) is 0 Å². The lowest BCUT2D eigenvalue weighted by Gasteiger charge is -2.01. The number of aryl methyl sites for hydroxylation is 1. The SMILES string of the molecule is Cc1ccc(SCC(=O)N/N=C\c2cccc([N+](=O)[O-])c2)cc1. The summed E-state index contributed by atoms with van der Waals surface area (Å²) in [5.74, 6) is 0.00672. The molecule has 0 heterocycles. The fraction of sp³-hybridized carbons (Fsp3) is 0.125. The Labute approximate surface area is 137 Å². The van der Waals surface area contributed by atoms with Crippen molar-refractivity contribution in [3.8, 4) is 0 Å². The van der Waals surface area contributed by atoms with E-state index in [0.29, 0.717) is 5.56 Å². The Morgan fingerprint density at radius 1 is 1.30 bits per heavy atom. The largest absolute Gasteiger partial charge is 0.272 e. The van der Waals surface area contributed by atoms with Crippen molar-refractivity contribution in [2.75, 3.05) is 5.75 Å². The maximum Gasteiger partial charge on any atom is 0.270 e. The molecule has 0 saturated heterocycles. The summed E-state index contributed by atoms with van der Waals surface area (Å²) >= 11 is 1.41. The molecule has 23 heavy (non-hydrogen) atoms. The van der Waals surface area contributed by atoms with Gasteiger partial charge in [0.1, 0.15) is 0 Å². The second-order valence-electron chi connectivity index (χ2n) is 4.75. The molecule has 0 saturated carbocycles. The van der Waals surface area contributed by atoms with Gasteiger partial charge in [-0.3, -0.25) is 14.9 Å². The summed E-state index contributed by atoms with van der Waals surface area (Å²) in [6.45, 7) is 2.00. The first-order valence-corrected chi connectivity index (χ1v) is 7.79. The minimum absolute atomic E-state index is 0.0183. The van der Waals surface area contributed by atoms with Gasteiger partial charge in [0.25, 0.3) is 5.69 Å². The number of nitro groups is 1. The molecule has 1 amide bonds. The van der Waals surface area contributed by atoms with E-state index in [4.69, 9.17) is 0 Å². The Hall–Kier alpha value is -2.67. The number of carbonyl (C=O) groups is 1. The molecular formula is C16H15N3O3S. The van der Waals surface area contributed by atoms with Crippen LogP contribution in [0.4, 0.5) is 5.69 Å². The number of hydrogen-bond acceptors (Lipinski definition) is 5. The van der Waals surface area contributed by atoms with Crippen LogP contribution in [-0.4, -0.2) is 22.8 Å². The first kappa shape index (κ1) is 16.7. The molecule has 118 valence electrons. The Morgan fingerprint density at radius 3 is 2.74 bits per heavy atom. The first-order chi connectivity index (χ1) is 11.0. The van der Waals surface area contributed by atoms with E-state index in [2.05, 4.69) is 10.5 Å². The molecule has 0 radical (unpaired) electrons. The van der Waals surface area contributed by atoms with Crippen LogP contribution in [0.5, 0.6) is 0 Å². The van der Waals surface area contributed by atoms with Gasteiger partial charge in [0, 0.05) is 22.6 Å². The number of thioether (sulfide) groups is 1. The lowest BCUT2D eigenvalue weighted by Crippen LogP contribution is -2.19. The predicted molar refractivity (Wildman–Crippen MR) is 90.7 cm³/mol. The lowest BCUT2D eigenvalue weighted by molar-refractivity contribution is -0.384. The van der Waals surface area contributed by atoms with Crippen LogP contribution in [-0.2, 0) is 4.79 Å². The Balaban J connectivity index is 1.83. The normalized spacial score (nSPS) is 10.7. The van der Waals surface area contributed by atoms with Gasteiger partial charge in [0.05, 0.1) is 16.9 Å². The molecule has 0 aliphatic rings. The number of nitro benzene ring substituents is 1. The molecule has 7 heteroatoms. The molecule has 0 aliphatic heterocycles. The summed E-state index contributed by atoms with van der Waals surface area (Å²) in [4.78, 5) is 22.9.